The summed E-state index contributed by atoms with van der Waals surface area (Å²) in [5, 5.41) is 5.98. The van der Waals surface area contributed by atoms with Gasteiger partial charge in [-0.05, 0) is 59.5 Å². The number of halogens is 2. The van der Waals surface area contributed by atoms with Gasteiger partial charge in [-0.2, -0.15) is 0 Å². The van der Waals surface area contributed by atoms with E-state index < -0.39 is 0 Å². The Hall–Kier alpha value is -0.550. The summed E-state index contributed by atoms with van der Waals surface area (Å²) in [5.41, 5.74) is 1.07. The molecule has 1 aromatic carbocycles. The van der Waals surface area contributed by atoms with Crippen molar-refractivity contribution in [2.45, 2.75) is 19.6 Å². The highest BCUT2D eigenvalue weighted by atomic mass is 79.9. The first-order valence-electron chi connectivity index (χ1n) is 5.93. The van der Waals surface area contributed by atoms with Gasteiger partial charge in [0.1, 0.15) is 12.4 Å². The van der Waals surface area contributed by atoms with Crippen molar-refractivity contribution < 1.29 is 4.74 Å². The van der Waals surface area contributed by atoms with Gasteiger partial charge in [0.2, 0.25) is 0 Å². The van der Waals surface area contributed by atoms with Crippen LogP contribution in [0.1, 0.15) is 23.4 Å². The molecule has 5 heteroatoms. The number of benzene rings is 1. The van der Waals surface area contributed by atoms with Gasteiger partial charge in [-0.3, -0.25) is 0 Å². The van der Waals surface area contributed by atoms with Gasteiger partial charge in [-0.25, -0.2) is 0 Å². The summed E-state index contributed by atoms with van der Waals surface area (Å²) in [5.74, 6) is 0.867. The number of nitrogens with one attached hydrogen (secondary N) is 1. The molecular weight excluding hydrogens is 346 g/mol. The number of ether oxygens (including phenoxy) is 1. The quantitative estimate of drug-likeness (QED) is 0.808. The van der Waals surface area contributed by atoms with Crippen LogP contribution in [0.2, 0.25) is 5.02 Å². The minimum Gasteiger partial charge on any atom is -0.488 e. The smallest absolute Gasteiger partial charge is 0.124 e. The van der Waals surface area contributed by atoms with Crippen molar-refractivity contribution in [3.63, 3.8) is 0 Å². The van der Waals surface area contributed by atoms with Crippen LogP contribution in [-0.4, -0.2) is 7.05 Å². The summed E-state index contributed by atoms with van der Waals surface area (Å²) in [6, 6.07) is 7.95. The van der Waals surface area contributed by atoms with E-state index in [2.05, 4.69) is 28.2 Å². The molecule has 0 fully saturated rings. The Morgan fingerprint density at radius 3 is 2.84 bits per heavy atom. The molecule has 1 unspecified atom stereocenters. The third kappa shape index (κ3) is 3.72. The third-order valence-corrected chi connectivity index (χ3v) is 5.06. The molecule has 1 atom stereocenters. The van der Waals surface area contributed by atoms with Gasteiger partial charge < -0.3 is 10.1 Å². The SMILES string of the molecule is CNC(C)c1cc(Cl)ccc1OCc1sccc1Br. The molecule has 2 rings (SSSR count). The zero-order valence-corrected chi connectivity index (χ0v) is 13.9. The number of rotatable bonds is 5. The first-order valence-corrected chi connectivity index (χ1v) is 7.98. The molecule has 2 aromatic rings. The maximum atomic E-state index is 6.05. The van der Waals surface area contributed by atoms with Crippen LogP contribution in [0.25, 0.3) is 0 Å². The summed E-state index contributed by atoms with van der Waals surface area (Å²) in [6.07, 6.45) is 0. The van der Waals surface area contributed by atoms with Gasteiger partial charge in [0.25, 0.3) is 0 Å². The fraction of sp³-hybridized carbons (Fsp3) is 0.286. The largest absolute Gasteiger partial charge is 0.488 e. The Morgan fingerprint density at radius 1 is 1.42 bits per heavy atom. The molecule has 0 amide bonds. The highest BCUT2D eigenvalue weighted by Crippen LogP contribution is 2.30. The van der Waals surface area contributed by atoms with Crippen molar-refractivity contribution in [3.8, 4) is 5.75 Å². The Balaban J connectivity index is 2.18. The summed E-state index contributed by atoms with van der Waals surface area (Å²) in [7, 11) is 1.92. The van der Waals surface area contributed by atoms with Crippen molar-refractivity contribution in [1.82, 2.24) is 5.32 Å². The lowest BCUT2D eigenvalue weighted by Gasteiger charge is -2.16. The molecule has 0 saturated carbocycles. The van der Waals surface area contributed by atoms with Crippen molar-refractivity contribution in [3.05, 3.63) is 49.6 Å². The van der Waals surface area contributed by atoms with Crippen LogP contribution in [0.4, 0.5) is 0 Å². The molecule has 0 spiro atoms. The molecule has 0 radical (unpaired) electrons. The van der Waals surface area contributed by atoms with E-state index in [1.54, 1.807) is 11.3 Å². The highest BCUT2D eigenvalue weighted by Gasteiger charge is 2.12. The summed E-state index contributed by atoms with van der Waals surface area (Å²) < 4.78 is 7.01. The monoisotopic (exact) mass is 359 g/mol. The lowest BCUT2D eigenvalue weighted by molar-refractivity contribution is 0.303. The van der Waals surface area contributed by atoms with Gasteiger partial charge in [-0.15, -0.1) is 11.3 Å². The molecule has 1 aromatic heterocycles. The summed E-state index contributed by atoms with van der Waals surface area (Å²) in [6.45, 7) is 2.64. The lowest BCUT2D eigenvalue weighted by atomic mass is 10.1. The predicted molar refractivity (Wildman–Crippen MR) is 85.3 cm³/mol. The fourth-order valence-electron chi connectivity index (χ4n) is 1.72. The predicted octanol–water partition coefficient (Wildman–Crippen LogP) is 5.02. The van der Waals surface area contributed by atoms with Crippen LogP contribution >= 0.6 is 38.9 Å². The van der Waals surface area contributed by atoms with Crippen LogP contribution in [-0.2, 0) is 6.61 Å². The molecule has 0 aliphatic heterocycles. The number of hydrogen-bond acceptors (Lipinski definition) is 3. The third-order valence-electron chi connectivity index (χ3n) is 2.92. The first-order chi connectivity index (χ1) is 9.11. The minimum absolute atomic E-state index is 0.195. The Morgan fingerprint density at radius 2 is 2.21 bits per heavy atom. The molecular formula is C14H15BrClNOS. The van der Waals surface area contributed by atoms with Gasteiger partial charge in [0.05, 0.1) is 4.88 Å². The maximum absolute atomic E-state index is 6.05. The van der Waals surface area contributed by atoms with Crippen LogP contribution in [0, 0.1) is 0 Å². The molecule has 2 nitrogen and oxygen atoms in total. The fourth-order valence-corrected chi connectivity index (χ4v) is 3.27. The van der Waals surface area contributed by atoms with E-state index in [1.165, 1.54) is 4.88 Å². The van der Waals surface area contributed by atoms with Crippen LogP contribution < -0.4 is 10.1 Å². The van der Waals surface area contributed by atoms with Gasteiger partial charge in [0, 0.05) is 21.1 Å². The van der Waals surface area contributed by atoms with Crippen LogP contribution in [0.3, 0.4) is 0 Å². The second kappa shape index (κ2) is 6.75. The van der Waals surface area contributed by atoms with Crippen molar-refractivity contribution in [1.29, 1.82) is 0 Å². The molecule has 1 heterocycles. The van der Waals surface area contributed by atoms with E-state index in [0.717, 1.165) is 20.8 Å². The van der Waals surface area contributed by atoms with Gasteiger partial charge >= 0.3 is 0 Å². The molecule has 1 N–H and O–H groups in total. The molecule has 19 heavy (non-hydrogen) atoms. The van der Waals surface area contributed by atoms with Crippen molar-refractivity contribution in [2.75, 3.05) is 7.05 Å². The highest BCUT2D eigenvalue weighted by molar-refractivity contribution is 9.10. The van der Waals surface area contributed by atoms with E-state index in [0.29, 0.717) is 6.61 Å². The van der Waals surface area contributed by atoms with Crippen LogP contribution in [0.15, 0.2) is 34.1 Å². The molecule has 0 bridgehead atoms. The summed E-state index contributed by atoms with van der Waals surface area (Å²) in [4.78, 5) is 1.18. The molecule has 0 saturated heterocycles. The van der Waals surface area contributed by atoms with E-state index in [1.807, 2.05) is 36.7 Å². The minimum atomic E-state index is 0.195. The average Bonchev–Trinajstić information content (AvgIpc) is 2.82. The maximum Gasteiger partial charge on any atom is 0.124 e. The lowest BCUT2D eigenvalue weighted by Crippen LogP contribution is -2.13. The number of thiophene rings is 1. The summed E-state index contributed by atoms with van der Waals surface area (Å²) >= 11 is 11.2. The Bertz CT molecular complexity index is 558. The molecule has 102 valence electrons. The van der Waals surface area contributed by atoms with E-state index >= 15 is 0 Å². The average molecular weight is 361 g/mol. The standard InChI is InChI=1S/C14H15BrClNOS/c1-9(17-2)11-7-10(16)3-4-13(11)18-8-14-12(15)5-6-19-14/h3-7,9,17H,8H2,1-2H3. The Labute approximate surface area is 130 Å². The molecule has 0 aliphatic rings. The van der Waals surface area contributed by atoms with Crippen LogP contribution in [0.5, 0.6) is 5.75 Å². The Kier molecular flexibility index (Phi) is 5.28. The van der Waals surface area contributed by atoms with Crippen molar-refractivity contribution >= 4 is 38.9 Å². The van der Waals surface area contributed by atoms with E-state index in [-0.39, 0.29) is 6.04 Å². The second-order valence-electron chi connectivity index (χ2n) is 4.17. The first kappa shape index (κ1) is 14.9. The number of hydrogen-bond donors (Lipinski definition) is 1. The van der Waals surface area contributed by atoms with Gasteiger partial charge in [-0.1, -0.05) is 11.6 Å². The van der Waals surface area contributed by atoms with Crippen molar-refractivity contribution in [2.24, 2.45) is 0 Å². The zero-order chi connectivity index (χ0) is 13.8. The topological polar surface area (TPSA) is 21.3 Å². The molecule has 0 aliphatic carbocycles. The second-order valence-corrected chi connectivity index (χ2v) is 6.46. The zero-order valence-electron chi connectivity index (χ0n) is 10.7. The van der Waals surface area contributed by atoms with E-state index in [9.17, 15) is 0 Å². The normalized spacial score (nSPS) is 12.4. The van der Waals surface area contributed by atoms with E-state index in [4.69, 9.17) is 16.3 Å². The van der Waals surface area contributed by atoms with Gasteiger partial charge in [0.15, 0.2) is 0 Å².